The van der Waals surface area contributed by atoms with Crippen LogP contribution in [0.5, 0.6) is 16.6 Å². The van der Waals surface area contributed by atoms with Gasteiger partial charge < -0.3 is 9.47 Å². The van der Waals surface area contributed by atoms with E-state index in [9.17, 15) is 0 Å². The Morgan fingerprint density at radius 3 is 2.85 bits per heavy atom. The number of ether oxygens (including phenoxy) is 2. The van der Waals surface area contributed by atoms with Crippen molar-refractivity contribution in [1.29, 1.82) is 5.26 Å². The smallest absolute Gasteiger partial charge is 0.219 e. The predicted octanol–water partition coefficient (Wildman–Crippen LogP) is 4.50. The minimum absolute atomic E-state index is 0.150. The van der Waals surface area contributed by atoms with Crippen molar-refractivity contribution in [3.05, 3.63) is 40.6 Å². The van der Waals surface area contributed by atoms with Crippen LogP contribution >= 0.6 is 23.1 Å². The topological polar surface area (TPSA) is 55.1 Å². The summed E-state index contributed by atoms with van der Waals surface area (Å²) in [4.78, 5) is 0. The molecule has 0 atom stereocenters. The predicted molar refractivity (Wildman–Crippen MR) is 79.6 cm³/mol. The van der Waals surface area contributed by atoms with Gasteiger partial charge in [0.15, 0.2) is 16.7 Å². The Balaban J connectivity index is 2.36. The third-order valence-corrected chi connectivity index (χ3v) is 3.58. The SMILES string of the molecule is C/C=C/c1ccc(Oc2snc(Cl)c2C#N)c(OC)c1. The third kappa shape index (κ3) is 2.93. The average molecular weight is 307 g/mol. The van der Waals surface area contributed by atoms with Crippen molar-refractivity contribution in [2.24, 2.45) is 0 Å². The second-order valence-corrected chi connectivity index (χ2v) is 4.85. The summed E-state index contributed by atoms with van der Waals surface area (Å²) in [5.74, 6) is 1.09. The minimum atomic E-state index is 0.150. The van der Waals surface area contributed by atoms with Gasteiger partial charge in [0.2, 0.25) is 5.06 Å². The summed E-state index contributed by atoms with van der Waals surface area (Å²) in [7, 11) is 1.56. The quantitative estimate of drug-likeness (QED) is 0.834. The molecule has 0 amide bonds. The molecule has 20 heavy (non-hydrogen) atoms. The van der Waals surface area contributed by atoms with Crippen LogP contribution < -0.4 is 9.47 Å². The average Bonchev–Trinajstić information content (AvgIpc) is 2.81. The van der Waals surface area contributed by atoms with E-state index in [1.54, 1.807) is 13.2 Å². The van der Waals surface area contributed by atoms with Crippen LogP contribution in [0.15, 0.2) is 24.3 Å². The van der Waals surface area contributed by atoms with Crippen molar-refractivity contribution in [3.8, 4) is 22.6 Å². The standard InChI is InChI=1S/C14H11ClN2O2S/c1-3-4-9-5-6-11(12(7-9)18-2)19-14-10(8-16)13(15)17-20-14/h3-7H,1-2H3/b4-3+. The summed E-state index contributed by atoms with van der Waals surface area (Å²) < 4.78 is 14.9. The normalized spacial score (nSPS) is 10.5. The van der Waals surface area contributed by atoms with E-state index in [0.29, 0.717) is 16.6 Å². The van der Waals surface area contributed by atoms with Crippen LogP contribution in [0.1, 0.15) is 18.1 Å². The molecule has 102 valence electrons. The van der Waals surface area contributed by atoms with E-state index in [2.05, 4.69) is 4.37 Å². The lowest BCUT2D eigenvalue weighted by molar-refractivity contribution is 0.381. The summed E-state index contributed by atoms with van der Waals surface area (Å²) in [6, 6.07) is 7.50. The number of aromatic nitrogens is 1. The molecule has 0 bridgehead atoms. The molecule has 0 N–H and O–H groups in total. The zero-order valence-electron chi connectivity index (χ0n) is 10.9. The first kappa shape index (κ1) is 14.4. The highest BCUT2D eigenvalue weighted by molar-refractivity contribution is 7.08. The van der Waals surface area contributed by atoms with Crippen molar-refractivity contribution in [3.63, 3.8) is 0 Å². The van der Waals surface area contributed by atoms with Crippen LogP contribution in [-0.4, -0.2) is 11.5 Å². The van der Waals surface area contributed by atoms with Gasteiger partial charge in [0, 0.05) is 11.5 Å². The summed E-state index contributed by atoms with van der Waals surface area (Å²) in [5, 5.41) is 9.52. The lowest BCUT2D eigenvalue weighted by Gasteiger charge is -2.09. The van der Waals surface area contributed by atoms with Gasteiger partial charge in [-0.05, 0) is 24.6 Å². The molecule has 2 rings (SSSR count). The maximum absolute atomic E-state index is 9.02. The number of methoxy groups -OCH3 is 1. The minimum Gasteiger partial charge on any atom is -0.493 e. The largest absolute Gasteiger partial charge is 0.493 e. The Morgan fingerprint density at radius 2 is 2.20 bits per heavy atom. The van der Waals surface area contributed by atoms with E-state index in [1.165, 1.54) is 0 Å². The number of hydrogen-bond acceptors (Lipinski definition) is 5. The van der Waals surface area contributed by atoms with Crippen LogP contribution in [0.25, 0.3) is 6.08 Å². The van der Waals surface area contributed by atoms with Gasteiger partial charge >= 0.3 is 0 Å². The van der Waals surface area contributed by atoms with Crippen LogP contribution in [0.3, 0.4) is 0 Å². The van der Waals surface area contributed by atoms with Crippen LogP contribution in [0, 0.1) is 11.3 Å². The molecule has 0 saturated heterocycles. The lowest BCUT2D eigenvalue weighted by Crippen LogP contribution is -1.91. The molecule has 0 spiro atoms. The third-order valence-electron chi connectivity index (χ3n) is 2.48. The monoisotopic (exact) mass is 306 g/mol. The molecule has 0 unspecified atom stereocenters. The van der Waals surface area contributed by atoms with Gasteiger partial charge in [-0.2, -0.15) is 9.64 Å². The lowest BCUT2D eigenvalue weighted by atomic mass is 10.2. The Morgan fingerprint density at radius 1 is 1.40 bits per heavy atom. The summed E-state index contributed by atoms with van der Waals surface area (Å²) in [6.07, 6.45) is 3.89. The van der Waals surface area contributed by atoms with Gasteiger partial charge in [-0.1, -0.05) is 29.8 Å². The molecule has 0 aliphatic heterocycles. The fourth-order valence-electron chi connectivity index (χ4n) is 1.58. The summed E-state index contributed by atoms with van der Waals surface area (Å²) >= 11 is 6.84. The molecule has 0 fully saturated rings. The number of nitriles is 1. The molecule has 0 aliphatic rings. The first-order valence-corrected chi connectivity index (χ1v) is 6.88. The molecule has 1 aromatic heterocycles. The second kappa shape index (κ2) is 6.42. The van der Waals surface area contributed by atoms with E-state index in [0.717, 1.165) is 17.1 Å². The number of allylic oxidation sites excluding steroid dienone is 1. The van der Waals surface area contributed by atoms with E-state index < -0.39 is 0 Å². The molecular formula is C14H11ClN2O2S. The number of halogens is 1. The molecule has 6 heteroatoms. The molecule has 4 nitrogen and oxygen atoms in total. The highest BCUT2D eigenvalue weighted by atomic mass is 35.5. The highest BCUT2D eigenvalue weighted by Gasteiger charge is 2.16. The van der Waals surface area contributed by atoms with Crippen molar-refractivity contribution in [2.45, 2.75) is 6.92 Å². The summed E-state index contributed by atoms with van der Waals surface area (Å²) in [6.45, 7) is 1.94. The van der Waals surface area contributed by atoms with Crippen molar-refractivity contribution < 1.29 is 9.47 Å². The summed E-state index contributed by atoms with van der Waals surface area (Å²) in [5.41, 5.74) is 1.23. The first-order valence-electron chi connectivity index (χ1n) is 5.73. The zero-order valence-corrected chi connectivity index (χ0v) is 12.5. The molecule has 0 saturated carbocycles. The first-order chi connectivity index (χ1) is 9.69. The van der Waals surface area contributed by atoms with Crippen LogP contribution in [-0.2, 0) is 0 Å². The van der Waals surface area contributed by atoms with Gasteiger partial charge in [0.1, 0.15) is 11.6 Å². The molecule has 0 radical (unpaired) electrons. The molecule has 1 aromatic carbocycles. The molecule has 2 aromatic rings. The Bertz CT molecular complexity index is 689. The van der Waals surface area contributed by atoms with Crippen molar-refractivity contribution >= 4 is 29.2 Å². The second-order valence-electron chi connectivity index (χ2n) is 3.76. The Hall–Kier alpha value is -2.03. The van der Waals surface area contributed by atoms with E-state index in [-0.39, 0.29) is 10.7 Å². The zero-order chi connectivity index (χ0) is 14.5. The van der Waals surface area contributed by atoms with Gasteiger partial charge in [-0.15, -0.1) is 0 Å². The van der Waals surface area contributed by atoms with E-state index >= 15 is 0 Å². The van der Waals surface area contributed by atoms with Crippen LogP contribution in [0.4, 0.5) is 0 Å². The molecular weight excluding hydrogens is 296 g/mol. The van der Waals surface area contributed by atoms with Gasteiger partial charge in [-0.25, -0.2) is 0 Å². The van der Waals surface area contributed by atoms with Crippen LogP contribution in [0.2, 0.25) is 5.15 Å². The van der Waals surface area contributed by atoms with Crippen molar-refractivity contribution in [2.75, 3.05) is 7.11 Å². The Labute approximate surface area is 126 Å². The molecule has 1 heterocycles. The fourth-order valence-corrected chi connectivity index (χ4v) is 2.49. The number of nitrogens with zero attached hydrogens (tertiary/aromatic N) is 2. The van der Waals surface area contributed by atoms with E-state index in [1.807, 2.05) is 37.3 Å². The van der Waals surface area contributed by atoms with Gasteiger partial charge in [0.05, 0.1) is 7.11 Å². The highest BCUT2D eigenvalue weighted by Crippen LogP contribution is 2.38. The maximum Gasteiger partial charge on any atom is 0.219 e. The Kier molecular flexibility index (Phi) is 4.61. The molecule has 0 aliphatic carbocycles. The van der Waals surface area contributed by atoms with Gasteiger partial charge in [-0.3, -0.25) is 0 Å². The number of rotatable bonds is 4. The number of hydrogen-bond donors (Lipinski definition) is 0. The van der Waals surface area contributed by atoms with E-state index in [4.69, 9.17) is 26.3 Å². The van der Waals surface area contributed by atoms with Gasteiger partial charge in [0.25, 0.3) is 0 Å². The van der Waals surface area contributed by atoms with Crippen molar-refractivity contribution in [1.82, 2.24) is 4.37 Å². The number of benzene rings is 1. The fraction of sp³-hybridized carbons (Fsp3) is 0.143. The maximum atomic E-state index is 9.02.